The minimum atomic E-state index is -0.893. The Balaban J connectivity index is 1.76. The van der Waals surface area contributed by atoms with Crippen LogP contribution in [0.3, 0.4) is 0 Å². The highest BCUT2D eigenvalue weighted by atomic mass is 35.5. The molecule has 0 saturated carbocycles. The molecule has 0 fully saturated rings. The molecule has 9 heteroatoms. The number of halogens is 2. The van der Waals surface area contributed by atoms with Crippen LogP contribution in [-0.4, -0.2) is 35.1 Å². The predicted molar refractivity (Wildman–Crippen MR) is 133 cm³/mol. The minimum Gasteiger partial charge on any atom is -0.476 e. The van der Waals surface area contributed by atoms with Gasteiger partial charge in [-0.2, -0.15) is 9.78 Å². The summed E-state index contributed by atoms with van der Waals surface area (Å²) in [5.41, 5.74) is 1.51. The molecule has 1 aromatic heterocycles. The van der Waals surface area contributed by atoms with Crippen molar-refractivity contribution in [2.75, 3.05) is 7.11 Å². The first-order valence-corrected chi connectivity index (χ1v) is 11.0. The van der Waals surface area contributed by atoms with Crippen LogP contribution in [0.1, 0.15) is 12.5 Å². The first kappa shape index (κ1) is 23.5. The molecule has 0 radical (unpaired) electrons. The fourth-order valence-electron chi connectivity index (χ4n) is 3.29. The monoisotopic (exact) mass is 495 g/mol. The van der Waals surface area contributed by atoms with Crippen LogP contribution in [0.2, 0.25) is 10.0 Å². The van der Waals surface area contributed by atoms with E-state index in [1.165, 1.54) is 24.9 Å². The van der Waals surface area contributed by atoms with Gasteiger partial charge in [-0.3, -0.25) is 4.79 Å². The maximum absolute atomic E-state index is 13.2. The predicted octanol–water partition coefficient (Wildman–Crippen LogP) is 5.19. The van der Waals surface area contributed by atoms with Gasteiger partial charge in [0.25, 0.3) is 5.56 Å². The Morgan fingerprint density at radius 3 is 2.38 bits per heavy atom. The zero-order valence-corrected chi connectivity index (χ0v) is 19.7. The van der Waals surface area contributed by atoms with Gasteiger partial charge in [0.05, 0.1) is 34.3 Å². The molecular weight excluding hydrogens is 477 g/mol. The van der Waals surface area contributed by atoms with Crippen molar-refractivity contribution in [1.29, 1.82) is 0 Å². The van der Waals surface area contributed by atoms with E-state index in [-0.39, 0.29) is 21.4 Å². The van der Waals surface area contributed by atoms with E-state index in [2.05, 4.69) is 14.8 Å². The number of fused-ring (bicyclic) bond motifs is 1. The Labute approximate surface area is 205 Å². The van der Waals surface area contributed by atoms with E-state index < -0.39 is 12.1 Å². The maximum Gasteiger partial charge on any atom is 0.346 e. The van der Waals surface area contributed by atoms with Crippen LogP contribution in [0.15, 0.2) is 76.6 Å². The van der Waals surface area contributed by atoms with Crippen molar-refractivity contribution in [3.8, 4) is 17.1 Å². The number of methoxy groups -OCH3 is 1. The number of nitrogens with zero attached hydrogens (tertiary/aromatic N) is 3. The summed E-state index contributed by atoms with van der Waals surface area (Å²) in [5.74, 6) is -0.0214. The SMILES string of the molecule is COC(=O)[C@H](C)Oc1c(Cl)cc(C=Nn2c(-c3ccccc3)nc3ccccc3c2=O)cc1Cl. The van der Waals surface area contributed by atoms with Gasteiger partial charge in [0, 0.05) is 5.56 Å². The standard InChI is InChI=1S/C25H19Cl2N3O4/c1-15(25(32)33-2)34-22-19(26)12-16(13-20(22)27)14-28-30-23(17-8-4-3-5-9-17)29-21-11-7-6-10-18(21)24(30)31/h3-15H,1-2H3/t15-/m0/s1. The molecule has 7 nitrogen and oxygen atoms in total. The van der Waals surface area contributed by atoms with Gasteiger partial charge in [0.1, 0.15) is 0 Å². The Kier molecular flexibility index (Phi) is 6.95. The Hall–Kier alpha value is -3.68. The van der Waals surface area contributed by atoms with Crippen molar-refractivity contribution in [2.24, 2.45) is 5.10 Å². The number of carbonyl (C=O) groups excluding carboxylic acids is 1. The lowest BCUT2D eigenvalue weighted by atomic mass is 10.2. The zero-order chi connectivity index (χ0) is 24.2. The largest absolute Gasteiger partial charge is 0.476 e. The summed E-state index contributed by atoms with van der Waals surface area (Å²) in [5, 5.41) is 5.20. The van der Waals surface area contributed by atoms with Crippen molar-refractivity contribution in [2.45, 2.75) is 13.0 Å². The summed E-state index contributed by atoms with van der Waals surface area (Å²) >= 11 is 12.7. The molecule has 0 N–H and O–H groups in total. The van der Waals surface area contributed by atoms with Crippen molar-refractivity contribution in [3.05, 3.63) is 92.7 Å². The maximum atomic E-state index is 13.2. The van der Waals surface area contributed by atoms with Gasteiger partial charge in [-0.05, 0) is 36.8 Å². The Morgan fingerprint density at radius 2 is 1.71 bits per heavy atom. The molecule has 0 unspecified atom stereocenters. The molecule has 34 heavy (non-hydrogen) atoms. The fourth-order valence-corrected chi connectivity index (χ4v) is 3.88. The van der Waals surface area contributed by atoms with E-state index in [0.717, 1.165) is 5.56 Å². The van der Waals surface area contributed by atoms with Gasteiger partial charge in [-0.1, -0.05) is 65.7 Å². The van der Waals surface area contributed by atoms with E-state index in [4.69, 9.17) is 27.9 Å². The second-order valence-corrected chi connectivity index (χ2v) is 8.09. The van der Waals surface area contributed by atoms with Gasteiger partial charge < -0.3 is 9.47 Å². The van der Waals surface area contributed by atoms with Crippen LogP contribution >= 0.6 is 23.2 Å². The van der Waals surface area contributed by atoms with E-state index >= 15 is 0 Å². The molecule has 1 atom stereocenters. The third-order valence-electron chi connectivity index (χ3n) is 4.96. The number of hydrogen-bond donors (Lipinski definition) is 0. The van der Waals surface area contributed by atoms with Gasteiger partial charge in [-0.15, -0.1) is 0 Å². The van der Waals surface area contributed by atoms with E-state index in [1.807, 2.05) is 36.4 Å². The number of aromatic nitrogens is 2. The quantitative estimate of drug-likeness (QED) is 0.271. The first-order valence-electron chi connectivity index (χ1n) is 10.2. The molecule has 4 rings (SSSR count). The summed E-state index contributed by atoms with van der Waals surface area (Å²) in [6, 6.07) is 19.5. The average Bonchev–Trinajstić information content (AvgIpc) is 2.85. The summed E-state index contributed by atoms with van der Waals surface area (Å²) in [4.78, 5) is 29.5. The molecule has 0 spiro atoms. The third-order valence-corrected chi connectivity index (χ3v) is 5.52. The van der Waals surface area contributed by atoms with Crippen LogP contribution in [-0.2, 0) is 9.53 Å². The van der Waals surface area contributed by atoms with Crippen LogP contribution < -0.4 is 10.3 Å². The second kappa shape index (κ2) is 10.1. The van der Waals surface area contributed by atoms with Gasteiger partial charge in [-0.25, -0.2) is 9.78 Å². The number of carbonyl (C=O) groups is 1. The van der Waals surface area contributed by atoms with Gasteiger partial charge in [0.2, 0.25) is 0 Å². The molecule has 172 valence electrons. The van der Waals surface area contributed by atoms with Crippen molar-refractivity contribution < 1.29 is 14.3 Å². The Morgan fingerprint density at radius 1 is 1.06 bits per heavy atom. The summed E-state index contributed by atoms with van der Waals surface area (Å²) < 4.78 is 11.4. The molecule has 0 aliphatic carbocycles. The van der Waals surface area contributed by atoms with Gasteiger partial charge >= 0.3 is 5.97 Å². The highest BCUT2D eigenvalue weighted by molar-refractivity contribution is 6.37. The second-order valence-electron chi connectivity index (χ2n) is 7.28. The third kappa shape index (κ3) is 4.81. The smallest absolute Gasteiger partial charge is 0.346 e. The van der Waals surface area contributed by atoms with Crippen LogP contribution in [0, 0.1) is 0 Å². The normalized spacial score (nSPS) is 12.1. The van der Waals surface area contributed by atoms with Crippen LogP contribution in [0.25, 0.3) is 22.3 Å². The highest BCUT2D eigenvalue weighted by Crippen LogP contribution is 2.34. The van der Waals surface area contributed by atoms with Gasteiger partial charge in [0.15, 0.2) is 17.7 Å². The van der Waals surface area contributed by atoms with E-state index in [1.54, 1.807) is 30.3 Å². The van der Waals surface area contributed by atoms with Crippen molar-refractivity contribution in [3.63, 3.8) is 0 Å². The topological polar surface area (TPSA) is 82.8 Å². The molecule has 0 aliphatic heterocycles. The molecule has 0 amide bonds. The molecule has 3 aromatic carbocycles. The van der Waals surface area contributed by atoms with Crippen molar-refractivity contribution in [1.82, 2.24) is 9.66 Å². The number of ether oxygens (including phenoxy) is 2. The molecule has 1 heterocycles. The first-order chi connectivity index (χ1) is 16.4. The minimum absolute atomic E-state index is 0.146. The van der Waals surface area contributed by atoms with Crippen molar-refractivity contribution >= 4 is 46.3 Å². The summed E-state index contributed by atoms with van der Waals surface area (Å²) in [7, 11) is 1.26. The number of esters is 1. The molecule has 4 aromatic rings. The average molecular weight is 496 g/mol. The lowest BCUT2D eigenvalue weighted by molar-refractivity contribution is -0.147. The highest BCUT2D eigenvalue weighted by Gasteiger charge is 2.19. The molecule has 0 saturated heterocycles. The number of para-hydroxylation sites is 1. The van der Waals surface area contributed by atoms with Crippen LogP contribution in [0.5, 0.6) is 5.75 Å². The number of benzene rings is 3. The zero-order valence-electron chi connectivity index (χ0n) is 18.2. The molecule has 0 bridgehead atoms. The van der Waals surface area contributed by atoms with Crippen LogP contribution in [0.4, 0.5) is 0 Å². The summed E-state index contributed by atoms with van der Waals surface area (Å²) in [6.07, 6.45) is 0.561. The molecule has 0 aliphatic rings. The number of hydrogen-bond acceptors (Lipinski definition) is 6. The van der Waals surface area contributed by atoms with E-state index in [9.17, 15) is 9.59 Å². The van der Waals surface area contributed by atoms with E-state index in [0.29, 0.717) is 22.3 Å². The lowest BCUT2D eigenvalue weighted by Gasteiger charge is -2.15. The number of rotatable bonds is 6. The fraction of sp³-hybridized carbons (Fsp3) is 0.120. The summed E-state index contributed by atoms with van der Waals surface area (Å²) in [6.45, 7) is 1.53. The lowest BCUT2D eigenvalue weighted by Crippen LogP contribution is -2.25. The molecular formula is C25H19Cl2N3O4. The Bertz CT molecular complexity index is 1430.